The summed E-state index contributed by atoms with van der Waals surface area (Å²) < 4.78 is 22.7. The standard InChI is InChI=1S/C69H97O3P/c1-42(2)64(14,15)52-34-50-36-59(68(22,23)46(9)10)62(40-55(50)57(38-52)66(18,19)44(5)6)71-73(70-61-29-27-26-28-54(61)49-32-30-48(13)31-33-49)72-63-41-56-51(37-60(63)69(24,25)47(11)12)35-53(65(16,17)43(3)4)39-58(56)67(20,21)45(7)8/h26-47H,1-25H3. The van der Waals surface area contributed by atoms with E-state index in [1.165, 1.54) is 49.4 Å². The zero-order valence-corrected chi connectivity index (χ0v) is 51.3. The van der Waals surface area contributed by atoms with Gasteiger partial charge in [-0.2, -0.15) is 0 Å². The van der Waals surface area contributed by atoms with Crippen molar-refractivity contribution in [3.05, 3.63) is 136 Å². The summed E-state index contributed by atoms with van der Waals surface area (Å²) in [5.41, 5.74) is 10.2. The van der Waals surface area contributed by atoms with Crippen molar-refractivity contribution in [1.82, 2.24) is 0 Å². The molecule has 6 rings (SSSR count). The van der Waals surface area contributed by atoms with Crippen molar-refractivity contribution in [3.63, 3.8) is 0 Å². The molecule has 0 bridgehead atoms. The molecule has 0 unspecified atom stereocenters. The Hall–Kier alpha value is -4.33. The maximum atomic E-state index is 7.66. The van der Waals surface area contributed by atoms with Gasteiger partial charge in [-0.3, -0.25) is 0 Å². The summed E-state index contributed by atoms with van der Waals surface area (Å²) in [6.07, 6.45) is 0. The maximum Gasteiger partial charge on any atom is 0.530 e. The highest BCUT2D eigenvalue weighted by Crippen LogP contribution is 2.54. The number of aryl methyl sites for hydroxylation is 1. The predicted octanol–water partition coefficient (Wildman–Crippen LogP) is 21.3. The number of benzene rings is 6. The van der Waals surface area contributed by atoms with Crippen LogP contribution in [0.2, 0.25) is 0 Å². The van der Waals surface area contributed by atoms with Crippen LogP contribution in [0.1, 0.15) is 205 Å². The first kappa shape index (κ1) is 57.9. The van der Waals surface area contributed by atoms with Crippen molar-refractivity contribution in [1.29, 1.82) is 0 Å². The Labute approximate surface area is 447 Å². The molecule has 0 aliphatic heterocycles. The molecule has 73 heavy (non-hydrogen) atoms. The molecule has 0 aliphatic rings. The largest absolute Gasteiger partial charge is 0.530 e. The Morgan fingerprint density at radius 3 is 1.03 bits per heavy atom. The molecule has 0 saturated heterocycles. The topological polar surface area (TPSA) is 27.7 Å². The molecule has 0 fully saturated rings. The lowest BCUT2D eigenvalue weighted by molar-refractivity contribution is 0.338. The molecule has 6 aromatic rings. The second-order valence-corrected chi connectivity index (χ2v) is 28.3. The quantitative estimate of drug-likeness (QED) is 0.0757. The fraction of sp³-hybridized carbons (Fsp3) is 0.536. The SMILES string of the molecule is Cc1ccc(-c2ccccc2OP(Oc2cc3c(C(C)(C)C(C)C)cc(C(C)(C)C(C)C)cc3cc2C(C)(C)C(C)C)Oc2cc3c(C(C)(C)C(C)C)cc(C(C)(C)C(C)C)cc3cc2C(C)(C)C(C)C)cc1. The van der Waals surface area contributed by atoms with Crippen molar-refractivity contribution in [2.75, 3.05) is 0 Å². The van der Waals surface area contributed by atoms with Crippen LogP contribution in [0.25, 0.3) is 32.7 Å². The summed E-state index contributed by atoms with van der Waals surface area (Å²) >= 11 is 0. The molecule has 6 aromatic carbocycles. The zero-order chi connectivity index (χ0) is 54.7. The molecule has 0 amide bonds. The van der Waals surface area contributed by atoms with E-state index in [1.807, 2.05) is 0 Å². The van der Waals surface area contributed by atoms with Crippen LogP contribution in [0.5, 0.6) is 17.2 Å². The second-order valence-electron chi connectivity index (χ2n) is 27.3. The summed E-state index contributed by atoms with van der Waals surface area (Å²) in [5, 5.41) is 4.92. The third-order valence-electron chi connectivity index (χ3n) is 19.8. The van der Waals surface area contributed by atoms with Gasteiger partial charge in [0.2, 0.25) is 0 Å². The van der Waals surface area contributed by atoms with Crippen LogP contribution in [-0.4, -0.2) is 0 Å². The first-order valence-electron chi connectivity index (χ1n) is 27.8. The van der Waals surface area contributed by atoms with Crippen molar-refractivity contribution < 1.29 is 13.6 Å². The van der Waals surface area contributed by atoms with E-state index in [0.717, 1.165) is 39.5 Å². The van der Waals surface area contributed by atoms with Crippen LogP contribution < -0.4 is 13.6 Å². The maximum absolute atomic E-state index is 7.66. The van der Waals surface area contributed by atoms with E-state index in [-0.39, 0.29) is 32.5 Å². The van der Waals surface area contributed by atoms with E-state index in [4.69, 9.17) is 13.6 Å². The van der Waals surface area contributed by atoms with E-state index >= 15 is 0 Å². The lowest BCUT2D eigenvalue weighted by Crippen LogP contribution is -2.29. The second kappa shape index (κ2) is 21.0. The molecule has 0 heterocycles. The lowest BCUT2D eigenvalue weighted by atomic mass is 9.68. The van der Waals surface area contributed by atoms with Crippen molar-refractivity contribution in [2.24, 2.45) is 35.5 Å². The molecule has 0 saturated carbocycles. The van der Waals surface area contributed by atoms with Crippen LogP contribution in [0.15, 0.2) is 97.1 Å². The minimum absolute atomic E-state index is 0.0302. The molecular weight excluding hydrogens is 908 g/mol. The van der Waals surface area contributed by atoms with E-state index in [1.54, 1.807) is 0 Å². The molecule has 4 heteroatoms. The summed E-state index contributed by atoms with van der Waals surface area (Å²) in [6, 6.07) is 36.6. The minimum Gasteiger partial charge on any atom is -0.408 e. The number of fused-ring (bicyclic) bond motifs is 2. The van der Waals surface area contributed by atoms with Gasteiger partial charge in [-0.05, 0) is 155 Å². The van der Waals surface area contributed by atoms with Crippen LogP contribution in [0.3, 0.4) is 0 Å². The Kier molecular flexibility index (Phi) is 16.7. The monoisotopic (exact) mass is 1000 g/mol. The van der Waals surface area contributed by atoms with Gasteiger partial charge in [-0.25, -0.2) is 0 Å². The van der Waals surface area contributed by atoms with Gasteiger partial charge in [0.25, 0.3) is 0 Å². The highest BCUT2D eigenvalue weighted by atomic mass is 31.2. The first-order chi connectivity index (χ1) is 33.6. The number of hydrogen-bond donors (Lipinski definition) is 0. The highest BCUT2D eigenvalue weighted by Gasteiger charge is 2.39. The van der Waals surface area contributed by atoms with Crippen molar-refractivity contribution in [3.8, 4) is 28.4 Å². The van der Waals surface area contributed by atoms with Gasteiger partial charge in [-0.1, -0.05) is 238 Å². The van der Waals surface area contributed by atoms with Gasteiger partial charge in [0.15, 0.2) is 0 Å². The van der Waals surface area contributed by atoms with Crippen molar-refractivity contribution >= 4 is 30.1 Å². The summed E-state index contributed by atoms with van der Waals surface area (Å²) in [4.78, 5) is 0. The van der Waals surface area contributed by atoms with Gasteiger partial charge in [-0.15, -0.1) is 0 Å². The van der Waals surface area contributed by atoms with Gasteiger partial charge in [0.1, 0.15) is 17.2 Å². The molecule has 0 N–H and O–H groups in total. The fourth-order valence-corrected chi connectivity index (χ4v) is 10.5. The minimum atomic E-state index is -2.15. The number of para-hydroxylation sites is 1. The van der Waals surface area contributed by atoms with Crippen LogP contribution in [-0.2, 0) is 32.5 Å². The molecule has 0 radical (unpaired) electrons. The average molecular weight is 1010 g/mol. The Morgan fingerprint density at radius 1 is 0.342 bits per heavy atom. The molecular formula is C69H97O3P. The third-order valence-corrected chi connectivity index (χ3v) is 20.8. The molecule has 3 nitrogen and oxygen atoms in total. The number of rotatable bonds is 19. The van der Waals surface area contributed by atoms with Gasteiger partial charge >= 0.3 is 8.60 Å². The van der Waals surface area contributed by atoms with Crippen molar-refractivity contribution in [2.45, 2.75) is 206 Å². The van der Waals surface area contributed by atoms with E-state index in [9.17, 15) is 0 Å². The Balaban J connectivity index is 1.73. The molecule has 396 valence electrons. The summed E-state index contributed by atoms with van der Waals surface area (Å²) in [5.74, 6) is 4.61. The summed E-state index contributed by atoms with van der Waals surface area (Å²) in [7, 11) is -2.15. The smallest absolute Gasteiger partial charge is 0.408 e. The number of hydrogen-bond acceptors (Lipinski definition) is 3. The average Bonchev–Trinajstić information content (AvgIpc) is 3.30. The van der Waals surface area contributed by atoms with E-state index in [2.05, 4.69) is 270 Å². The Morgan fingerprint density at radius 2 is 0.671 bits per heavy atom. The normalized spacial score (nSPS) is 13.6. The highest BCUT2D eigenvalue weighted by molar-refractivity contribution is 7.43. The van der Waals surface area contributed by atoms with Gasteiger partial charge in [0, 0.05) is 16.7 Å². The van der Waals surface area contributed by atoms with Crippen LogP contribution in [0.4, 0.5) is 0 Å². The third kappa shape index (κ3) is 11.3. The van der Waals surface area contributed by atoms with Gasteiger partial charge < -0.3 is 13.6 Å². The van der Waals surface area contributed by atoms with Gasteiger partial charge in [0.05, 0.1) is 0 Å². The van der Waals surface area contributed by atoms with E-state index < -0.39 is 8.60 Å². The first-order valence-corrected chi connectivity index (χ1v) is 28.9. The summed E-state index contributed by atoms with van der Waals surface area (Å²) in [6.45, 7) is 58.9. The lowest BCUT2D eigenvalue weighted by Gasteiger charge is -2.37. The Bertz CT molecular complexity index is 2750. The van der Waals surface area contributed by atoms with Crippen LogP contribution in [0, 0.1) is 42.4 Å². The zero-order valence-electron chi connectivity index (χ0n) is 50.4. The molecule has 0 atom stereocenters. The molecule has 0 aromatic heterocycles. The fourth-order valence-electron chi connectivity index (χ4n) is 9.48. The molecule has 0 spiro atoms. The van der Waals surface area contributed by atoms with Crippen LogP contribution >= 0.6 is 8.60 Å². The van der Waals surface area contributed by atoms with E-state index in [0.29, 0.717) is 35.5 Å². The predicted molar refractivity (Wildman–Crippen MR) is 320 cm³/mol. The molecule has 0 aliphatic carbocycles.